The van der Waals surface area contributed by atoms with Gasteiger partial charge in [0.25, 0.3) is 0 Å². The van der Waals surface area contributed by atoms with Crippen LogP contribution in [0.3, 0.4) is 0 Å². The van der Waals surface area contributed by atoms with Crippen LogP contribution in [0.25, 0.3) is 0 Å². The van der Waals surface area contributed by atoms with Crippen LogP contribution < -0.4 is 5.32 Å². The number of nitrogens with zero attached hydrogens (tertiary/aromatic N) is 1. The molecular weight excluding hydrogens is 324 g/mol. The molecule has 1 atom stereocenters. The highest BCUT2D eigenvalue weighted by atomic mass is 79.9. The second kappa shape index (κ2) is 5.66. The molecule has 5 nitrogen and oxygen atoms in total. The van der Waals surface area contributed by atoms with Crippen molar-refractivity contribution < 1.29 is 14.4 Å². The maximum Gasteiger partial charge on any atom is 0.337 e. The van der Waals surface area contributed by atoms with E-state index in [0.717, 1.165) is 21.5 Å². The Morgan fingerprint density at radius 2 is 2.15 bits per heavy atom. The fraction of sp³-hybridized carbons (Fsp3) is 0.286. The van der Waals surface area contributed by atoms with E-state index in [9.17, 15) is 9.90 Å². The molecule has 106 valence electrons. The summed E-state index contributed by atoms with van der Waals surface area (Å²) >= 11 is 3.35. The SMILES string of the molecule is Cc1noc(C)c1C(C)Nc1cc(Br)ccc1C(=O)O. The molecule has 1 heterocycles. The molecule has 6 heteroatoms. The number of nitrogens with one attached hydrogen (secondary N) is 1. The quantitative estimate of drug-likeness (QED) is 0.883. The van der Waals surface area contributed by atoms with E-state index in [4.69, 9.17) is 4.52 Å². The van der Waals surface area contributed by atoms with Crippen molar-refractivity contribution in [1.29, 1.82) is 0 Å². The predicted octanol–water partition coefficient (Wildman–Crippen LogP) is 3.93. The number of rotatable bonds is 4. The van der Waals surface area contributed by atoms with E-state index in [0.29, 0.717) is 5.69 Å². The van der Waals surface area contributed by atoms with Crippen LogP contribution in [0.1, 0.15) is 40.3 Å². The second-order valence-electron chi connectivity index (χ2n) is 4.60. The lowest BCUT2D eigenvalue weighted by molar-refractivity contribution is 0.0698. The number of halogens is 1. The number of hydrogen-bond donors (Lipinski definition) is 2. The Hall–Kier alpha value is -1.82. The van der Waals surface area contributed by atoms with Gasteiger partial charge in [0.1, 0.15) is 5.76 Å². The average molecular weight is 339 g/mol. The van der Waals surface area contributed by atoms with Gasteiger partial charge >= 0.3 is 5.97 Å². The third kappa shape index (κ3) is 2.85. The minimum atomic E-state index is -0.967. The normalized spacial score (nSPS) is 12.2. The van der Waals surface area contributed by atoms with Crippen LogP contribution in [0.4, 0.5) is 5.69 Å². The van der Waals surface area contributed by atoms with Crippen molar-refractivity contribution in [3.05, 3.63) is 45.3 Å². The van der Waals surface area contributed by atoms with Gasteiger partial charge in [-0.3, -0.25) is 0 Å². The number of aryl methyl sites for hydroxylation is 2. The van der Waals surface area contributed by atoms with E-state index in [1.807, 2.05) is 20.8 Å². The number of benzene rings is 1. The van der Waals surface area contributed by atoms with Gasteiger partial charge in [0.15, 0.2) is 0 Å². The summed E-state index contributed by atoms with van der Waals surface area (Å²) in [5.41, 5.74) is 2.53. The van der Waals surface area contributed by atoms with Gasteiger partial charge in [-0.25, -0.2) is 4.79 Å². The van der Waals surface area contributed by atoms with Crippen molar-refractivity contribution in [3.63, 3.8) is 0 Å². The lowest BCUT2D eigenvalue weighted by Gasteiger charge is -2.17. The molecule has 2 rings (SSSR count). The number of anilines is 1. The number of carbonyl (C=O) groups is 1. The first kappa shape index (κ1) is 14.6. The molecule has 1 aromatic heterocycles. The van der Waals surface area contributed by atoms with Gasteiger partial charge in [-0.1, -0.05) is 21.1 Å². The maximum atomic E-state index is 11.2. The topological polar surface area (TPSA) is 75.4 Å². The number of aromatic carboxylic acids is 1. The van der Waals surface area contributed by atoms with Crippen molar-refractivity contribution in [2.45, 2.75) is 26.8 Å². The van der Waals surface area contributed by atoms with E-state index in [2.05, 4.69) is 26.4 Å². The van der Waals surface area contributed by atoms with Crippen LogP contribution in [0, 0.1) is 13.8 Å². The van der Waals surface area contributed by atoms with E-state index in [1.165, 1.54) is 0 Å². The van der Waals surface area contributed by atoms with Gasteiger partial charge < -0.3 is 14.9 Å². The summed E-state index contributed by atoms with van der Waals surface area (Å²) < 4.78 is 5.96. The molecule has 0 fully saturated rings. The standard InChI is InChI=1S/C14H15BrN2O3/c1-7(13-8(2)17-20-9(13)3)16-12-6-10(15)4-5-11(12)14(18)19/h4-7,16H,1-3H3,(H,18,19). The molecule has 0 spiro atoms. The number of carboxylic acids is 1. The largest absolute Gasteiger partial charge is 0.478 e. The highest BCUT2D eigenvalue weighted by molar-refractivity contribution is 9.10. The van der Waals surface area contributed by atoms with Crippen molar-refractivity contribution in [1.82, 2.24) is 5.16 Å². The highest BCUT2D eigenvalue weighted by Crippen LogP contribution is 2.28. The van der Waals surface area contributed by atoms with E-state index in [-0.39, 0.29) is 11.6 Å². The maximum absolute atomic E-state index is 11.2. The molecule has 0 aliphatic heterocycles. The molecule has 0 aliphatic carbocycles. The van der Waals surface area contributed by atoms with Crippen molar-refractivity contribution >= 4 is 27.6 Å². The van der Waals surface area contributed by atoms with Crippen LogP contribution in [-0.2, 0) is 0 Å². The fourth-order valence-electron chi connectivity index (χ4n) is 2.24. The molecule has 0 saturated carbocycles. The van der Waals surface area contributed by atoms with E-state index < -0.39 is 5.97 Å². The number of aromatic nitrogens is 1. The van der Waals surface area contributed by atoms with Gasteiger partial charge in [0.05, 0.1) is 23.0 Å². The predicted molar refractivity (Wildman–Crippen MR) is 79.1 cm³/mol. The summed E-state index contributed by atoms with van der Waals surface area (Å²) in [6.45, 7) is 5.65. The molecule has 20 heavy (non-hydrogen) atoms. The summed E-state index contributed by atoms with van der Waals surface area (Å²) in [4.78, 5) is 11.2. The van der Waals surface area contributed by atoms with Crippen LogP contribution >= 0.6 is 15.9 Å². The number of hydrogen-bond acceptors (Lipinski definition) is 4. The third-order valence-corrected chi connectivity index (χ3v) is 3.60. The van der Waals surface area contributed by atoms with Crippen molar-refractivity contribution in [2.24, 2.45) is 0 Å². The minimum absolute atomic E-state index is 0.103. The smallest absolute Gasteiger partial charge is 0.337 e. The Bertz CT molecular complexity index is 632. The molecular formula is C14H15BrN2O3. The third-order valence-electron chi connectivity index (χ3n) is 3.11. The molecule has 0 radical (unpaired) electrons. The van der Waals surface area contributed by atoms with Crippen molar-refractivity contribution in [2.75, 3.05) is 5.32 Å². The summed E-state index contributed by atoms with van der Waals surface area (Å²) in [6.07, 6.45) is 0. The van der Waals surface area contributed by atoms with Gasteiger partial charge in [0, 0.05) is 10.0 Å². The molecule has 2 N–H and O–H groups in total. The van der Waals surface area contributed by atoms with E-state index in [1.54, 1.807) is 18.2 Å². The Morgan fingerprint density at radius 1 is 1.45 bits per heavy atom. The van der Waals surface area contributed by atoms with Gasteiger partial charge in [0.2, 0.25) is 0 Å². The van der Waals surface area contributed by atoms with Gasteiger partial charge in [-0.2, -0.15) is 0 Å². The zero-order chi connectivity index (χ0) is 14.9. The first-order valence-corrected chi connectivity index (χ1v) is 6.91. The molecule has 0 amide bonds. The molecule has 1 unspecified atom stereocenters. The first-order chi connectivity index (χ1) is 9.40. The second-order valence-corrected chi connectivity index (χ2v) is 5.51. The lowest BCUT2D eigenvalue weighted by atomic mass is 10.1. The zero-order valence-corrected chi connectivity index (χ0v) is 13.0. The van der Waals surface area contributed by atoms with Gasteiger partial charge in [-0.05, 0) is 39.0 Å². The Morgan fingerprint density at radius 3 is 2.70 bits per heavy atom. The van der Waals surface area contributed by atoms with Crippen LogP contribution in [0.15, 0.2) is 27.2 Å². The summed E-state index contributed by atoms with van der Waals surface area (Å²) in [5, 5.41) is 16.3. The lowest BCUT2D eigenvalue weighted by Crippen LogP contribution is -2.12. The van der Waals surface area contributed by atoms with E-state index >= 15 is 0 Å². The molecule has 2 aromatic rings. The van der Waals surface area contributed by atoms with Crippen molar-refractivity contribution in [3.8, 4) is 0 Å². The van der Waals surface area contributed by atoms with Crippen LogP contribution in [0.2, 0.25) is 0 Å². The first-order valence-electron chi connectivity index (χ1n) is 6.12. The Kier molecular flexibility index (Phi) is 4.13. The molecule has 0 aliphatic rings. The molecule has 0 bridgehead atoms. The average Bonchev–Trinajstić information content (AvgIpc) is 2.68. The Labute approximate surface area is 125 Å². The summed E-state index contributed by atoms with van der Waals surface area (Å²) in [5.74, 6) is -0.236. The van der Waals surface area contributed by atoms with Crippen LogP contribution in [-0.4, -0.2) is 16.2 Å². The zero-order valence-electron chi connectivity index (χ0n) is 11.4. The van der Waals surface area contributed by atoms with Gasteiger partial charge in [-0.15, -0.1) is 0 Å². The fourth-order valence-corrected chi connectivity index (χ4v) is 2.60. The molecule has 1 aromatic carbocycles. The summed E-state index contributed by atoms with van der Waals surface area (Å²) in [7, 11) is 0. The monoisotopic (exact) mass is 338 g/mol. The minimum Gasteiger partial charge on any atom is -0.478 e. The molecule has 0 saturated heterocycles. The number of carboxylic acid groups (broad SMARTS) is 1. The highest BCUT2D eigenvalue weighted by Gasteiger charge is 2.19. The van der Waals surface area contributed by atoms with Crippen LogP contribution in [0.5, 0.6) is 0 Å². The Balaban J connectivity index is 2.35. The summed E-state index contributed by atoms with van der Waals surface area (Å²) in [6, 6.07) is 4.91.